The second-order valence-corrected chi connectivity index (χ2v) is 9.71. The van der Waals surface area contributed by atoms with Crippen LogP contribution in [-0.4, -0.2) is 57.1 Å². The van der Waals surface area contributed by atoms with Gasteiger partial charge in [-0.3, -0.25) is 4.90 Å². The van der Waals surface area contributed by atoms with Gasteiger partial charge in [-0.1, -0.05) is 17.7 Å². The number of nitrogens with one attached hydrogen (secondary N) is 1. The number of sulfonamides is 1. The third-order valence-corrected chi connectivity index (χ3v) is 7.36. The van der Waals surface area contributed by atoms with Crippen LogP contribution in [0.3, 0.4) is 0 Å². The van der Waals surface area contributed by atoms with E-state index in [2.05, 4.69) is 19.5 Å². The van der Waals surface area contributed by atoms with Gasteiger partial charge in [0.15, 0.2) is 0 Å². The molecule has 1 fully saturated rings. The number of anilines is 1. The summed E-state index contributed by atoms with van der Waals surface area (Å²) in [6.45, 7) is 6.10. The molecule has 0 radical (unpaired) electrons. The van der Waals surface area contributed by atoms with E-state index in [0.29, 0.717) is 10.9 Å². The van der Waals surface area contributed by atoms with Crippen LogP contribution in [0.5, 0.6) is 0 Å². The van der Waals surface area contributed by atoms with E-state index in [1.807, 2.05) is 25.1 Å². The van der Waals surface area contributed by atoms with Gasteiger partial charge in [0, 0.05) is 45.0 Å². The zero-order valence-electron chi connectivity index (χ0n) is 13.9. The van der Waals surface area contributed by atoms with Crippen molar-refractivity contribution in [3.05, 3.63) is 40.9 Å². The van der Waals surface area contributed by atoms with Crippen molar-refractivity contribution in [3.63, 3.8) is 0 Å². The third kappa shape index (κ3) is 4.92. The van der Waals surface area contributed by atoms with E-state index >= 15 is 0 Å². The van der Waals surface area contributed by atoms with E-state index in [1.54, 1.807) is 12.3 Å². The number of aromatic nitrogens is 1. The van der Waals surface area contributed by atoms with Crippen molar-refractivity contribution >= 4 is 38.8 Å². The highest BCUT2D eigenvalue weighted by molar-refractivity contribution is 7.91. The summed E-state index contributed by atoms with van der Waals surface area (Å²) >= 11 is 6.90. The maximum absolute atomic E-state index is 12.3. The van der Waals surface area contributed by atoms with Crippen LogP contribution in [0, 0.1) is 0 Å². The van der Waals surface area contributed by atoms with Gasteiger partial charge in [0.25, 0.3) is 0 Å². The number of piperazine rings is 1. The van der Waals surface area contributed by atoms with Gasteiger partial charge in [0.05, 0.1) is 4.34 Å². The van der Waals surface area contributed by atoms with Crippen molar-refractivity contribution in [2.24, 2.45) is 0 Å². The summed E-state index contributed by atoms with van der Waals surface area (Å²) in [6.07, 6.45) is 1.80. The molecule has 136 valence electrons. The summed E-state index contributed by atoms with van der Waals surface area (Å²) in [5.74, 6) is 0.991. The molecule has 0 amide bonds. The molecule has 0 saturated carbocycles. The summed E-state index contributed by atoms with van der Waals surface area (Å²) in [6, 6.07) is 8.87. The van der Waals surface area contributed by atoms with Crippen LogP contribution in [-0.2, 0) is 10.0 Å². The van der Waals surface area contributed by atoms with E-state index < -0.39 is 10.0 Å². The second-order valence-electron chi connectivity index (χ2n) is 6.06. The van der Waals surface area contributed by atoms with Gasteiger partial charge in [-0.25, -0.2) is 18.1 Å². The molecule has 1 atom stereocenters. The highest BCUT2D eigenvalue weighted by atomic mass is 35.5. The molecule has 9 heteroatoms. The molecule has 0 aromatic carbocycles. The summed E-state index contributed by atoms with van der Waals surface area (Å²) in [4.78, 5) is 8.90. The van der Waals surface area contributed by atoms with Crippen LogP contribution >= 0.6 is 22.9 Å². The highest BCUT2D eigenvalue weighted by Crippen LogP contribution is 2.25. The molecule has 1 saturated heterocycles. The lowest BCUT2D eigenvalue weighted by atomic mass is 10.2. The minimum atomic E-state index is -3.51. The fraction of sp³-hybridized carbons (Fsp3) is 0.438. The Labute approximate surface area is 157 Å². The Morgan fingerprint density at radius 3 is 2.60 bits per heavy atom. The zero-order chi connectivity index (χ0) is 17.9. The first-order chi connectivity index (χ1) is 11.9. The number of thiophene rings is 1. The smallest absolute Gasteiger partial charge is 0.250 e. The number of pyridine rings is 1. The average Bonchev–Trinajstić information content (AvgIpc) is 3.03. The molecule has 6 nitrogen and oxygen atoms in total. The minimum absolute atomic E-state index is 0.174. The Balaban J connectivity index is 1.50. The van der Waals surface area contributed by atoms with Crippen LogP contribution in [0.15, 0.2) is 40.7 Å². The molecule has 0 spiro atoms. The fourth-order valence-corrected chi connectivity index (χ4v) is 5.62. The number of halogens is 1. The van der Waals surface area contributed by atoms with Gasteiger partial charge >= 0.3 is 0 Å². The SMILES string of the molecule is CC(CN1CCN(c2ccccn2)CC1)NS(=O)(=O)c1ccc(Cl)s1. The first-order valence-corrected chi connectivity index (χ1v) is 10.8. The molecule has 3 heterocycles. The third-order valence-electron chi connectivity index (χ3n) is 4.05. The summed E-state index contributed by atoms with van der Waals surface area (Å²) in [7, 11) is -3.51. The zero-order valence-corrected chi connectivity index (χ0v) is 16.3. The summed E-state index contributed by atoms with van der Waals surface area (Å²) in [5.41, 5.74) is 0. The standard InChI is InChI=1S/C16H21ClN4O2S2/c1-13(19-25(22,23)16-6-5-14(17)24-16)12-20-8-10-21(11-9-20)15-4-2-3-7-18-15/h2-7,13,19H,8-12H2,1H3. The van der Waals surface area contributed by atoms with Crippen molar-refractivity contribution in [2.45, 2.75) is 17.2 Å². The second kappa shape index (κ2) is 8.01. The Kier molecular flexibility index (Phi) is 5.96. The van der Waals surface area contributed by atoms with Crippen LogP contribution in [0.1, 0.15) is 6.92 Å². The maximum Gasteiger partial charge on any atom is 0.250 e. The monoisotopic (exact) mass is 400 g/mol. The van der Waals surface area contributed by atoms with Crippen molar-refractivity contribution in [1.29, 1.82) is 0 Å². The van der Waals surface area contributed by atoms with E-state index in [9.17, 15) is 8.42 Å². The number of hydrogen-bond acceptors (Lipinski definition) is 6. The van der Waals surface area contributed by atoms with Crippen molar-refractivity contribution < 1.29 is 8.42 Å². The first-order valence-electron chi connectivity index (χ1n) is 8.10. The van der Waals surface area contributed by atoms with E-state index in [1.165, 1.54) is 6.07 Å². The predicted molar refractivity (Wildman–Crippen MR) is 102 cm³/mol. The molecule has 1 N–H and O–H groups in total. The van der Waals surface area contributed by atoms with E-state index in [0.717, 1.165) is 43.3 Å². The molecule has 1 aliphatic heterocycles. The van der Waals surface area contributed by atoms with Gasteiger partial charge in [0.1, 0.15) is 10.0 Å². The topological polar surface area (TPSA) is 65.5 Å². The van der Waals surface area contributed by atoms with Gasteiger partial charge in [0.2, 0.25) is 10.0 Å². The molecule has 2 aromatic rings. The van der Waals surface area contributed by atoms with Gasteiger partial charge in [-0.05, 0) is 31.2 Å². The average molecular weight is 401 g/mol. The van der Waals surface area contributed by atoms with Crippen molar-refractivity contribution in [2.75, 3.05) is 37.6 Å². The van der Waals surface area contributed by atoms with Crippen LogP contribution in [0.25, 0.3) is 0 Å². The van der Waals surface area contributed by atoms with Gasteiger partial charge < -0.3 is 4.90 Å². The van der Waals surface area contributed by atoms with Crippen molar-refractivity contribution in [3.8, 4) is 0 Å². The molecule has 1 unspecified atom stereocenters. The van der Waals surface area contributed by atoms with Crippen LogP contribution in [0.4, 0.5) is 5.82 Å². The van der Waals surface area contributed by atoms with Gasteiger partial charge in [-0.2, -0.15) is 0 Å². The maximum atomic E-state index is 12.3. The molecular formula is C16H21ClN4O2S2. The summed E-state index contributed by atoms with van der Waals surface area (Å²) < 4.78 is 28.1. The molecule has 2 aromatic heterocycles. The Bertz CT molecular complexity index is 789. The van der Waals surface area contributed by atoms with E-state index in [4.69, 9.17) is 11.6 Å². The molecule has 1 aliphatic rings. The molecule has 0 aliphatic carbocycles. The van der Waals surface area contributed by atoms with Crippen LogP contribution < -0.4 is 9.62 Å². The lowest BCUT2D eigenvalue weighted by Crippen LogP contribution is -2.50. The molecule has 0 bridgehead atoms. The van der Waals surface area contributed by atoms with E-state index in [-0.39, 0.29) is 10.3 Å². The lowest BCUT2D eigenvalue weighted by molar-refractivity contribution is 0.241. The predicted octanol–water partition coefficient (Wildman–Crippen LogP) is 2.29. The minimum Gasteiger partial charge on any atom is -0.354 e. The fourth-order valence-electron chi connectivity index (χ4n) is 2.89. The number of hydrogen-bond donors (Lipinski definition) is 1. The van der Waals surface area contributed by atoms with Crippen molar-refractivity contribution in [1.82, 2.24) is 14.6 Å². The van der Waals surface area contributed by atoms with Gasteiger partial charge in [-0.15, -0.1) is 11.3 Å². The highest BCUT2D eigenvalue weighted by Gasteiger charge is 2.23. The quantitative estimate of drug-likeness (QED) is 0.805. The Hall–Kier alpha value is -1.19. The largest absolute Gasteiger partial charge is 0.354 e. The Morgan fingerprint density at radius 1 is 1.24 bits per heavy atom. The van der Waals surface area contributed by atoms with Crippen LogP contribution in [0.2, 0.25) is 4.34 Å². The molecule has 25 heavy (non-hydrogen) atoms. The molecular weight excluding hydrogens is 380 g/mol. The normalized spacial score (nSPS) is 17.6. The number of rotatable bonds is 6. The Morgan fingerprint density at radius 2 is 2.00 bits per heavy atom. The lowest BCUT2D eigenvalue weighted by Gasteiger charge is -2.36. The first kappa shape index (κ1) is 18.6. The molecule has 3 rings (SSSR count). The number of nitrogens with zero attached hydrogens (tertiary/aromatic N) is 3. The summed E-state index contributed by atoms with van der Waals surface area (Å²) in [5, 5.41) is 0.